The second kappa shape index (κ2) is 8.45. The lowest BCUT2D eigenvalue weighted by Gasteiger charge is -2.32. The molecule has 1 aliphatic heterocycles. The number of aryl methyl sites for hydroxylation is 1. The molecule has 6 nitrogen and oxygen atoms in total. The van der Waals surface area contributed by atoms with Crippen LogP contribution in [0.2, 0.25) is 0 Å². The van der Waals surface area contributed by atoms with Gasteiger partial charge in [0.25, 0.3) is 5.91 Å². The Morgan fingerprint density at radius 3 is 2.68 bits per heavy atom. The Bertz CT molecular complexity index is 804. The monoisotopic (exact) mass is 382 g/mol. The summed E-state index contributed by atoms with van der Waals surface area (Å²) in [5.74, 6) is 0.587. The van der Waals surface area contributed by atoms with Gasteiger partial charge in [0.1, 0.15) is 0 Å². The fourth-order valence-electron chi connectivity index (χ4n) is 3.95. The lowest BCUT2D eigenvalue weighted by atomic mass is 10.00. The van der Waals surface area contributed by atoms with Crippen LogP contribution in [-0.4, -0.2) is 59.9 Å². The van der Waals surface area contributed by atoms with Crippen LogP contribution in [0.15, 0.2) is 24.3 Å². The highest BCUT2D eigenvalue weighted by atomic mass is 16.5. The number of carbonyl (C=O) groups excluding carboxylic acids is 1. The smallest absolute Gasteiger partial charge is 0.251 e. The zero-order valence-electron chi connectivity index (χ0n) is 16.8. The fourth-order valence-corrected chi connectivity index (χ4v) is 3.95. The van der Waals surface area contributed by atoms with Crippen LogP contribution in [0.1, 0.15) is 53.8 Å². The molecule has 150 valence electrons. The fraction of sp³-hybridized carbons (Fsp3) is 0.545. The second-order valence-corrected chi connectivity index (χ2v) is 8.00. The van der Waals surface area contributed by atoms with Crippen molar-refractivity contribution in [2.75, 3.05) is 32.8 Å². The first-order valence-electron chi connectivity index (χ1n) is 10.4. The molecule has 1 saturated carbocycles. The number of ether oxygens (including phenoxy) is 1. The van der Waals surface area contributed by atoms with E-state index in [1.807, 2.05) is 24.3 Å². The zero-order valence-corrected chi connectivity index (χ0v) is 16.8. The molecular weight excluding hydrogens is 352 g/mol. The third kappa shape index (κ3) is 4.28. The Balaban J connectivity index is 1.32. The third-order valence-corrected chi connectivity index (χ3v) is 5.89. The number of nitrogens with zero attached hydrogens (tertiary/aromatic N) is 2. The number of nitrogens with one attached hydrogen (secondary N) is 2. The lowest BCUT2D eigenvalue weighted by Crippen LogP contribution is -2.43. The highest BCUT2D eigenvalue weighted by Crippen LogP contribution is 2.44. The van der Waals surface area contributed by atoms with Crippen LogP contribution in [0, 0.1) is 6.92 Å². The second-order valence-electron chi connectivity index (χ2n) is 8.00. The molecule has 28 heavy (non-hydrogen) atoms. The Morgan fingerprint density at radius 2 is 2.00 bits per heavy atom. The summed E-state index contributed by atoms with van der Waals surface area (Å²) < 4.78 is 5.40. The van der Waals surface area contributed by atoms with Gasteiger partial charge in [0.05, 0.1) is 18.9 Å². The molecule has 2 aromatic rings. The number of morpholine rings is 1. The maximum atomic E-state index is 12.5. The van der Waals surface area contributed by atoms with Crippen LogP contribution >= 0.6 is 0 Å². The summed E-state index contributed by atoms with van der Waals surface area (Å²) in [6.45, 7) is 8.54. The van der Waals surface area contributed by atoms with Gasteiger partial charge < -0.3 is 10.1 Å². The summed E-state index contributed by atoms with van der Waals surface area (Å²) in [5.41, 5.74) is 5.30. The standard InChI is InChI=1S/C22H30N4O2/c1-15(26-11-13-28-14-12-26)9-10-23-22(27)19-7-3-17(4-8-19)20-16(2)24-25-21(20)18-5-6-18/h3-4,7-8,15,18H,5-6,9-14H2,1-2H3,(H,23,27)(H,24,25)/t15-/m1/s1. The van der Waals surface area contributed by atoms with Gasteiger partial charge in [-0.1, -0.05) is 12.1 Å². The van der Waals surface area contributed by atoms with Gasteiger partial charge in [-0.3, -0.25) is 14.8 Å². The summed E-state index contributed by atoms with van der Waals surface area (Å²) in [5, 5.41) is 10.7. The molecule has 0 unspecified atom stereocenters. The first-order valence-corrected chi connectivity index (χ1v) is 10.4. The predicted octanol–water partition coefficient (Wildman–Crippen LogP) is 3.10. The van der Waals surface area contributed by atoms with Crippen LogP contribution < -0.4 is 5.32 Å². The minimum atomic E-state index is -0.00735. The maximum absolute atomic E-state index is 12.5. The van der Waals surface area contributed by atoms with E-state index in [0.29, 0.717) is 24.1 Å². The molecule has 2 heterocycles. The number of aromatic amines is 1. The highest BCUT2D eigenvalue weighted by Gasteiger charge is 2.30. The topological polar surface area (TPSA) is 70.2 Å². The summed E-state index contributed by atoms with van der Waals surface area (Å²) in [4.78, 5) is 14.9. The quantitative estimate of drug-likeness (QED) is 0.772. The van der Waals surface area contributed by atoms with Crippen molar-refractivity contribution in [3.8, 4) is 11.1 Å². The highest BCUT2D eigenvalue weighted by molar-refractivity contribution is 5.94. The van der Waals surface area contributed by atoms with Crippen molar-refractivity contribution < 1.29 is 9.53 Å². The molecule has 2 N–H and O–H groups in total. The number of hydrogen-bond acceptors (Lipinski definition) is 4. The summed E-state index contributed by atoms with van der Waals surface area (Å²) >= 11 is 0. The molecule has 1 aromatic heterocycles. The number of amides is 1. The van der Waals surface area contributed by atoms with E-state index in [9.17, 15) is 4.79 Å². The summed E-state index contributed by atoms with van der Waals surface area (Å²) in [7, 11) is 0. The molecule has 1 amide bonds. The molecule has 4 rings (SSSR count). The molecule has 6 heteroatoms. The van der Waals surface area contributed by atoms with Crippen molar-refractivity contribution in [2.45, 2.75) is 45.1 Å². The molecule has 0 bridgehead atoms. The van der Waals surface area contributed by atoms with E-state index in [4.69, 9.17) is 4.74 Å². The predicted molar refractivity (Wildman–Crippen MR) is 110 cm³/mol. The van der Waals surface area contributed by atoms with Crippen molar-refractivity contribution in [2.24, 2.45) is 0 Å². The van der Waals surface area contributed by atoms with E-state index in [1.165, 1.54) is 24.1 Å². The van der Waals surface area contributed by atoms with E-state index < -0.39 is 0 Å². The van der Waals surface area contributed by atoms with Gasteiger partial charge in [0.15, 0.2) is 0 Å². The Morgan fingerprint density at radius 1 is 1.29 bits per heavy atom. The lowest BCUT2D eigenvalue weighted by molar-refractivity contribution is 0.0187. The first kappa shape index (κ1) is 19.2. The van der Waals surface area contributed by atoms with E-state index in [0.717, 1.165) is 44.0 Å². The van der Waals surface area contributed by atoms with E-state index in [2.05, 4.69) is 34.3 Å². The van der Waals surface area contributed by atoms with Gasteiger partial charge in [-0.05, 0) is 50.8 Å². The summed E-state index contributed by atoms with van der Waals surface area (Å²) in [6.07, 6.45) is 3.39. The number of benzene rings is 1. The van der Waals surface area contributed by atoms with Gasteiger partial charge in [-0.15, -0.1) is 0 Å². The van der Waals surface area contributed by atoms with Gasteiger partial charge in [-0.25, -0.2) is 0 Å². The minimum Gasteiger partial charge on any atom is -0.379 e. The van der Waals surface area contributed by atoms with Crippen LogP contribution in [-0.2, 0) is 4.74 Å². The average Bonchev–Trinajstić information content (AvgIpc) is 3.50. The third-order valence-electron chi connectivity index (χ3n) is 5.89. The first-order chi connectivity index (χ1) is 13.6. The Hall–Kier alpha value is -2.18. The van der Waals surface area contributed by atoms with E-state index in [1.54, 1.807) is 0 Å². The summed E-state index contributed by atoms with van der Waals surface area (Å²) in [6, 6.07) is 8.36. The van der Waals surface area contributed by atoms with E-state index >= 15 is 0 Å². The van der Waals surface area contributed by atoms with Crippen molar-refractivity contribution in [3.05, 3.63) is 41.2 Å². The molecule has 0 radical (unpaired) electrons. The SMILES string of the molecule is Cc1[nH]nc(C2CC2)c1-c1ccc(C(=O)NCC[C@@H](C)N2CCOCC2)cc1. The van der Waals surface area contributed by atoms with Crippen LogP contribution in [0.3, 0.4) is 0 Å². The molecule has 1 atom stereocenters. The van der Waals surface area contributed by atoms with Gasteiger partial charge in [-0.2, -0.15) is 5.10 Å². The Labute approximate surface area is 166 Å². The van der Waals surface area contributed by atoms with Gasteiger partial charge in [0, 0.05) is 48.4 Å². The molecular formula is C22H30N4O2. The van der Waals surface area contributed by atoms with Gasteiger partial charge >= 0.3 is 0 Å². The molecule has 2 aliphatic rings. The number of rotatable bonds is 7. The maximum Gasteiger partial charge on any atom is 0.251 e. The van der Waals surface area contributed by atoms with Crippen molar-refractivity contribution in [1.29, 1.82) is 0 Å². The number of carbonyl (C=O) groups is 1. The molecule has 1 aromatic carbocycles. The normalized spacial score (nSPS) is 18.8. The number of hydrogen-bond donors (Lipinski definition) is 2. The van der Waals surface area contributed by atoms with Crippen LogP contribution in [0.5, 0.6) is 0 Å². The van der Waals surface area contributed by atoms with Crippen LogP contribution in [0.25, 0.3) is 11.1 Å². The van der Waals surface area contributed by atoms with Crippen molar-refractivity contribution >= 4 is 5.91 Å². The molecule has 0 spiro atoms. The molecule has 1 saturated heterocycles. The average molecular weight is 383 g/mol. The molecule has 2 fully saturated rings. The largest absolute Gasteiger partial charge is 0.379 e. The molecule has 1 aliphatic carbocycles. The van der Waals surface area contributed by atoms with Gasteiger partial charge in [0.2, 0.25) is 0 Å². The van der Waals surface area contributed by atoms with Crippen molar-refractivity contribution in [1.82, 2.24) is 20.4 Å². The van der Waals surface area contributed by atoms with Crippen molar-refractivity contribution in [3.63, 3.8) is 0 Å². The Kier molecular flexibility index (Phi) is 5.78. The number of H-pyrrole nitrogens is 1. The zero-order chi connectivity index (χ0) is 19.5. The van der Waals surface area contributed by atoms with E-state index in [-0.39, 0.29) is 5.91 Å². The minimum absolute atomic E-state index is 0.00735. The number of aromatic nitrogens is 2. The van der Waals surface area contributed by atoms with Crippen LogP contribution in [0.4, 0.5) is 0 Å².